The molecule has 1 aliphatic rings. The van der Waals surface area contributed by atoms with Crippen LogP contribution in [0.5, 0.6) is 0 Å². The molecule has 3 heterocycles. The Hall–Kier alpha value is -2.22. The molecule has 0 radical (unpaired) electrons. The van der Waals surface area contributed by atoms with Gasteiger partial charge in [0.25, 0.3) is 5.91 Å². The summed E-state index contributed by atoms with van der Waals surface area (Å²) < 4.78 is 3.82. The fourth-order valence-electron chi connectivity index (χ4n) is 2.32. The van der Waals surface area contributed by atoms with Crippen molar-refractivity contribution in [1.82, 2.24) is 19.5 Å². The Bertz CT molecular complexity index is 632. The van der Waals surface area contributed by atoms with E-state index < -0.39 is 0 Å². The normalized spacial score (nSPS) is 15.3. The van der Waals surface area contributed by atoms with Gasteiger partial charge >= 0.3 is 0 Å². The lowest BCUT2D eigenvalue weighted by Gasteiger charge is -2.35. The number of amides is 1. The molecule has 7 nitrogen and oxygen atoms in total. The van der Waals surface area contributed by atoms with Crippen molar-refractivity contribution < 1.29 is 4.79 Å². The standard InChI is InChI=1S/C13H16N6OS/c1-9-12(21-17-16-9)13(20)19-6-4-18(5-7-19)10-2-3-11(14)15-8-10/h2-3,8H,4-7H2,1H3,(H2,14,15). The Balaban J connectivity index is 1.64. The van der Waals surface area contributed by atoms with Crippen LogP contribution in [0.25, 0.3) is 0 Å². The molecule has 0 spiro atoms. The van der Waals surface area contributed by atoms with Crippen LogP contribution in [-0.4, -0.2) is 51.6 Å². The van der Waals surface area contributed by atoms with Crippen molar-refractivity contribution in [3.63, 3.8) is 0 Å². The summed E-state index contributed by atoms with van der Waals surface area (Å²) in [5.41, 5.74) is 7.33. The SMILES string of the molecule is Cc1nnsc1C(=O)N1CCN(c2ccc(N)nc2)CC1. The predicted molar refractivity (Wildman–Crippen MR) is 81.4 cm³/mol. The average molecular weight is 304 g/mol. The zero-order valence-corrected chi connectivity index (χ0v) is 12.5. The first-order chi connectivity index (χ1) is 10.1. The summed E-state index contributed by atoms with van der Waals surface area (Å²) in [6.07, 6.45) is 1.77. The fraction of sp³-hybridized carbons (Fsp3) is 0.385. The number of piperazine rings is 1. The van der Waals surface area contributed by atoms with E-state index in [1.165, 1.54) is 0 Å². The Morgan fingerprint density at radius 2 is 2.05 bits per heavy atom. The Kier molecular flexibility index (Phi) is 3.70. The largest absolute Gasteiger partial charge is 0.384 e. The maximum absolute atomic E-state index is 12.4. The highest BCUT2D eigenvalue weighted by atomic mass is 32.1. The first-order valence-corrected chi connectivity index (χ1v) is 7.47. The van der Waals surface area contributed by atoms with Crippen LogP contribution in [0.2, 0.25) is 0 Å². The molecule has 1 amide bonds. The van der Waals surface area contributed by atoms with Crippen molar-refractivity contribution in [1.29, 1.82) is 0 Å². The van der Waals surface area contributed by atoms with E-state index in [1.807, 2.05) is 17.9 Å². The number of nitrogen functional groups attached to an aromatic ring is 1. The van der Waals surface area contributed by atoms with Crippen LogP contribution in [0.4, 0.5) is 11.5 Å². The molecule has 21 heavy (non-hydrogen) atoms. The van der Waals surface area contributed by atoms with Crippen LogP contribution in [0.3, 0.4) is 0 Å². The number of aromatic nitrogens is 3. The van der Waals surface area contributed by atoms with Crippen LogP contribution < -0.4 is 10.6 Å². The number of nitrogens with two attached hydrogens (primary N) is 1. The van der Waals surface area contributed by atoms with E-state index in [0.29, 0.717) is 29.5 Å². The van der Waals surface area contributed by atoms with Crippen molar-refractivity contribution in [2.24, 2.45) is 0 Å². The first-order valence-electron chi connectivity index (χ1n) is 6.70. The lowest BCUT2D eigenvalue weighted by Crippen LogP contribution is -2.48. The third-order valence-corrected chi connectivity index (χ3v) is 4.36. The summed E-state index contributed by atoms with van der Waals surface area (Å²) in [4.78, 5) is 21.2. The lowest BCUT2D eigenvalue weighted by molar-refractivity contribution is 0.0750. The van der Waals surface area contributed by atoms with E-state index in [1.54, 1.807) is 12.3 Å². The molecule has 0 atom stereocenters. The Morgan fingerprint density at radius 1 is 1.29 bits per heavy atom. The van der Waals surface area contributed by atoms with E-state index in [0.717, 1.165) is 30.3 Å². The number of anilines is 2. The van der Waals surface area contributed by atoms with Gasteiger partial charge in [-0.2, -0.15) is 0 Å². The van der Waals surface area contributed by atoms with E-state index in [4.69, 9.17) is 5.73 Å². The first kappa shape index (κ1) is 13.7. The number of hydrogen-bond acceptors (Lipinski definition) is 7. The molecule has 0 aromatic carbocycles. The zero-order chi connectivity index (χ0) is 14.8. The van der Waals surface area contributed by atoms with Gasteiger partial charge in [0.05, 0.1) is 17.6 Å². The molecule has 0 unspecified atom stereocenters. The summed E-state index contributed by atoms with van der Waals surface area (Å²) in [6, 6.07) is 3.75. The number of hydrogen-bond donors (Lipinski definition) is 1. The molecular formula is C13H16N6OS. The highest BCUT2D eigenvalue weighted by Crippen LogP contribution is 2.18. The smallest absolute Gasteiger partial charge is 0.267 e. The zero-order valence-electron chi connectivity index (χ0n) is 11.7. The molecule has 1 saturated heterocycles. The number of carbonyl (C=O) groups excluding carboxylic acids is 1. The monoisotopic (exact) mass is 304 g/mol. The van der Waals surface area contributed by atoms with E-state index in [2.05, 4.69) is 19.5 Å². The second-order valence-electron chi connectivity index (χ2n) is 4.91. The van der Waals surface area contributed by atoms with Crippen LogP contribution in [0.1, 0.15) is 15.4 Å². The Morgan fingerprint density at radius 3 is 2.62 bits per heavy atom. The topological polar surface area (TPSA) is 88.2 Å². The summed E-state index contributed by atoms with van der Waals surface area (Å²) >= 11 is 1.16. The van der Waals surface area contributed by atoms with Gasteiger partial charge in [0.2, 0.25) is 0 Å². The fourth-order valence-corrected chi connectivity index (χ4v) is 2.95. The second-order valence-corrected chi connectivity index (χ2v) is 5.66. The number of aryl methyl sites for hydroxylation is 1. The summed E-state index contributed by atoms with van der Waals surface area (Å²) in [5.74, 6) is 0.540. The quantitative estimate of drug-likeness (QED) is 0.882. The van der Waals surface area contributed by atoms with Crippen molar-refractivity contribution >= 4 is 28.9 Å². The molecule has 1 fully saturated rings. The van der Waals surface area contributed by atoms with Crippen LogP contribution in [-0.2, 0) is 0 Å². The molecule has 8 heteroatoms. The molecule has 2 aromatic rings. The molecular weight excluding hydrogens is 288 g/mol. The highest BCUT2D eigenvalue weighted by molar-refractivity contribution is 7.07. The third-order valence-electron chi connectivity index (χ3n) is 3.55. The van der Waals surface area contributed by atoms with Crippen LogP contribution in [0, 0.1) is 6.92 Å². The van der Waals surface area contributed by atoms with E-state index in [-0.39, 0.29) is 5.91 Å². The van der Waals surface area contributed by atoms with Crippen LogP contribution in [0.15, 0.2) is 18.3 Å². The minimum absolute atomic E-state index is 0.0255. The van der Waals surface area contributed by atoms with Crippen molar-refractivity contribution in [2.45, 2.75) is 6.92 Å². The maximum atomic E-state index is 12.4. The van der Waals surface area contributed by atoms with Gasteiger partial charge in [-0.3, -0.25) is 4.79 Å². The summed E-state index contributed by atoms with van der Waals surface area (Å²) in [6.45, 7) is 4.74. The van der Waals surface area contributed by atoms with Crippen LogP contribution >= 0.6 is 11.5 Å². The van der Waals surface area contributed by atoms with Gasteiger partial charge in [-0.1, -0.05) is 4.49 Å². The number of nitrogens with zero attached hydrogens (tertiary/aromatic N) is 5. The van der Waals surface area contributed by atoms with Gasteiger partial charge in [0, 0.05) is 26.2 Å². The van der Waals surface area contributed by atoms with Gasteiger partial charge in [0.15, 0.2) is 0 Å². The predicted octanol–water partition coefficient (Wildman–Crippen LogP) is 0.786. The van der Waals surface area contributed by atoms with Crippen molar-refractivity contribution in [3.8, 4) is 0 Å². The van der Waals surface area contributed by atoms with Gasteiger partial charge in [0.1, 0.15) is 10.7 Å². The molecule has 2 aromatic heterocycles. The maximum Gasteiger partial charge on any atom is 0.267 e. The number of carbonyl (C=O) groups is 1. The van der Waals surface area contributed by atoms with Gasteiger partial charge < -0.3 is 15.5 Å². The molecule has 0 aliphatic carbocycles. The molecule has 0 bridgehead atoms. The molecule has 2 N–H and O–H groups in total. The molecule has 1 aliphatic heterocycles. The highest BCUT2D eigenvalue weighted by Gasteiger charge is 2.25. The van der Waals surface area contributed by atoms with E-state index >= 15 is 0 Å². The number of rotatable bonds is 2. The van der Waals surface area contributed by atoms with Crippen molar-refractivity contribution in [3.05, 3.63) is 28.9 Å². The minimum atomic E-state index is 0.0255. The number of pyridine rings is 1. The van der Waals surface area contributed by atoms with Gasteiger partial charge in [-0.25, -0.2) is 4.98 Å². The molecule has 3 rings (SSSR count). The van der Waals surface area contributed by atoms with Gasteiger partial charge in [-0.05, 0) is 30.6 Å². The summed E-state index contributed by atoms with van der Waals surface area (Å²) in [7, 11) is 0. The van der Waals surface area contributed by atoms with E-state index in [9.17, 15) is 4.79 Å². The molecule has 110 valence electrons. The minimum Gasteiger partial charge on any atom is -0.384 e. The Labute approximate surface area is 126 Å². The molecule has 0 saturated carbocycles. The average Bonchev–Trinajstić information content (AvgIpc) is 2.94. The van der Waals surface area contributed by atoms with Gasteiger partial charge in [-0.15, -0.1) is 5.10 Å². The van der Waals surface area contributed by atoms with Crippen molar-refractivity contribution in [2.75, 3.05) is 36.8 Å². The summed E-state index contributed by atoms with van der Waals surface area (Å²) in [5, 5.41) is 3.89. The lowest BCUT2D eigenvalue weighted by atomic mass is 10.2. The third kappa shape index (κ3) is 2.80. The second kappa shape index (κ2) is 5.65.